The molecule has 0 saturated carbocycles. The molecule has 0 saturated heterocycles. The molecule has 0 aromatic carbocycles. The summed E-state index contributed by atoms with van der Waals surface area (Å²) in [7, 11) is 0. The molecule has 1 heterocycles. The van der Waals surface area contributed by atoms with Crippen LogP contribution in [0.5, 0.6) is 0 Å². The second kappa shape index (κ2) is 7.47. The summed E-state index contributed by atoms with van der Waals surface area (Å²) in [6.45, 7) is 17.4. The lowest BCUT2D eigenvalue weighted by Crippen LogP contribution is -2.03. The highest BCUT2D eigenvalue weighted by molar-refractivity contribution is 5.32. The van der Waals surface area contributed by atoms with E-state index in [0.717, 1.165) is 0 Å². The lowest BCUT2D eigenvalue weighted by Gasteiger charge is -2.17. The summed E-state index contributed by atoms with van der Waals surface area (Å²) in [5.41, 5.74) is 4.07. The SMILES string of the molecule is CC.CC(C)c1cc(C(C)C)c(C(C)C)cn1. The van der Waals surface area contributed by atoms with E-state index >= 15 is 0 Å². The molecule has 0 unspecified atom stereocenters. The topological polar surface area (TPSA) is 12.9 Å². The zero-order chi connectivity index (χ0) is 13.6. The van der Waals surface area contributed by atoms with Crippen LogP contribution in [0.4, 0.5) is 0 Å². The second-order valence-electron chi connectivity index (χ2n) is 5.20. The Bertz CT molecular complexity index is 324. The third-order valence-corrected chi connectivity index (χ3v) is 2.82. The van der Waals surface area contributed by atoms with E-state index in [4.69, 9.17) is 0 Å². The first-order chi connectivity index (χ1) is 7.93. The van der Waals surface area contributed by atoms with Gasteiger partial charge >= 0.3 is 0 Å². The molecular formula is C16H29N. The first kappa shape index (κ1) is 16.1. The van der Waals surface area contributed by atoms with Gasteiger partial charge in [0, 0.05) is 11.9 Å². The Morgan fingerprint density at radius 3 is 1.59 bits per heavy atom. The molecule has 0 N–H and O–H groups in total. The molecule has 0 aliphatic rings. The van der Waals surface area contributed by atoms with Crippen molar-refractivity contribution < 1.29 is 0 Å². The molecule has 0 radical (unpaired) electrons. The Balaban J connectivity index is 0.00000121. The average Bonchev–Trinajstić information content (AvgIpc) is 2.30. The maximum absolute atomic E-state index is 4.54. The minimum Gasteiger partial charge on any atom is -0.261 e. The molecule has 0 atom stereocenters. The van der Waals surface area contributed by atoms with E-state index in [2.05, 4.69) is 58.8 Å². The fourth-order valence-corrected chi connectivity index (χ4v) is 1.80. The normalized spacial score (nSPS) is 10.8. The molecule has 1 aromatic heterocycles. The standard InChI is InChI=1S/C14H23N.C2H6/c1-9(2)12-7-14(11(5)6)15-8-13(12)10(3)4;1-2/h7-11H,1-6H3;1-2H3. The van der Waals surface area contributed by atoms with Crippen molar-refractivity contribution in [3.63, 3.8) is 0 Å². The molecule has 0 fully saturated rings. The number of pyridine rings is 1. The van der Waals surface area contributed by atoms with E-state index < -0.39 is 0 Å². The Kier molecular flexibility index (Phi) is 7.10. The van der Waals surface area contributed by atoms with Crippen molar-refractivity contribution in [1.82, 2.24) is 4.98 Å². The summed E-state index contributed by atoms with van der Waals surface area (Å²) in [6, 6.07) is 2.28. The number of rotatable bonds is 3. The van der Waals surface area contributed by atoms with Crippen LogP contribution >= 0.6 is 0 Å². The van der Waals surface area contributed by atoms with Crippen molar-refractivity contribution >= 4 is 0 Å². The van der Waals surface area contributed by atoms with Crippen LogP contribution in [0.15, 0.2) is 12.3 Å². The van der Waals surface area contributed by atoms with Crippen molar-refractivity contribution in [1.29, 1.82) is 0 Å². The zero-order valence-corrected chi connectivity index (χ0v) is 12.8. The van der Waals surface area contributed by atoms with Crippen molar-refractivity contribution in [2.24, 2.45) is 0 Å². The number of hydrogen-bond donors (Lipinski definition) is 0. The van der Waals surface area contributed by atoms with Gasteiger partial charge in [-0.05, 0) is 34.9 Å². The van der Waals surface area contributed by atoms with Crippen molar-refractivity contribution in [2.75, 3.05) is 0 Å². The minimum atomic E-state index is 0.517. The fourth-order valence-electron chi connectivity index (χ4n) is 1.80. The van der Waals surface area contributed by atoms with Crippen LogP contribution in [0.3, 0.4) is 0 Å². The average molecular weight is 235 g/mol. The van der Waals surface area contributed by atoms with Crippen LogP contribution in [0, 0.1) is 0 Å². The quantitative estimate of drug-likeness (QED) is 0.676. The van der Waals surface area contributed by atoms with E-state index in [9.17, 15) is 0 Å². The summed E-state index contributed by atoms with van der Waals surface area (Å²) in [6.07, 6.45) is 2.06. The molecule has 17 heavy (non-hydrogen) atoms. The molecule has 1 rings (SSSR count). The highest BCUT2D eigenvalue weighted by Gasteiger charge is 2.12. The lowest BCUT2D eigenvalue weighted by atomic mass is 9.90. The molecule has 98 valence electrons. The van der Waals surface area contributed by atoms with Crippen LogP contribution in [-0.4, -0.2) is 4.98 Å². The van der Waals surface area contributed by atoms with E-state index in [1.54, 1.807) is 0 Å². The minimum absolute atomic E-state index is 0.517. The van der Waals surface area contributed by atoms with Gasteiger partial charge in [0.15, 0.2) is 0 Å². The van der Waals surface area contributed by atoms with E-state index in [1.807, 2.05) is 13.8 Å². The van der Waals surface area contributed by atoms with Gasteiger partial charge in [0.2, 0.25) is 0 Å². The molecule has 0 amide bonds. The van der Waals surface area contributed by atoms with E-state index in [0.29, 0.717) is 17.8 Å². The molecular weight excluding hydrogens is 206 g/mol. The monoisotopic (exact) mass is 235 g/mol. The van der Waals surface area contributed by atoms with Crippen LogP contribution in [0.2, 0.25) is 0 Å². The molecule has 0 aliphatic carbocycles. The summed E-state index contributed by atoms with van der Waals surface area (Å²) in [5, 5.41) is 0. The molecule has 1 heteroatoms. The zero-order valence-electron chi connectivity index (χ0n) is 12.8. The predicted octanol–water partition coefficient (Wildman–Crippen LogP) is 5.48. The number of hydrogen-bond acceptors (Lipinski definition) is 1. The van der Waals surface area contributed by atoms with Gasteiger partial charge in [-0.2, -0.15) is 0 Å². The Morgan fingerprint density at radius 1 is 0.765 bits per heavy atom. The van der Waals surface area contributed by atoms with Gasteiger partial charge in [-0.25, -0.2) is 0 Å². The second-order valence-corrected chi connectivity index (χ2v) is 5.20. The van der Waals surface area contributed by atoms with Crippen LogP contribution < -0.4 is 0 Å². The summed E-state index contributed by atoms with van der Waals surface area (Å²) in [5.74, 6) is 1.67. The number of aromatic nitrogens is 1. The largest absolute Gasteiger partial charge is 0.261 e. The third kappa shape index (κ3) is 4.49. The van der Waals surface area contributed by atoms with Crippen molar-refractivity contribution in [3.05, 3.63) is 29.1 Å². The Hall–Kier alpha value is -0.850. The first-order valence-corrected chi connectivity index (χ1v) is 6.93. The van der Waals surface area contributed by atoms with Crippen LogP contribution in [0.1, 0.15) is 90.0 Å². The van der Waals surface area contributed by atoms with Gasteiger partial charge in [-0.15, -0.1) is 0 Å². The summed E-state index contributed by atoms with van der Waals surface area (Å²) >= 11 is 0. The van der Waals surface area contributed by atoms with Crippen molar-refractivity contribution in [2.45, 2.75) is 73.1 Å². The van der Waals surface area contributed by atoms with Crippen LogP contribution in [-0.2, 0) is 0 Å². The highest BCUT2D eigenvalue weighted by Crippen LogP contribution is 2.27. The fraction of sp³-hybridized carbons (Fsp3) is 0.688. The summed E-state index contributed by atoms with van der Waals surface area (Å²) in [4.78, 5) is 4.54. The smallest absolute Gasteiger partial charge is 0.0432 e. The summed E-state index contributed by atoms with van der Waals surface area (Å²) < 4.78 is 0. The third-order valence-electron chi connectivity index (χ3n) is 2.82. The van der Waals surface area contributed by atoms with Gasteiger partial charge in [0.25, 0.3) is 0 Å². The van der Waals surface area contributed by atoms with Gasteiger partial charge in [-0.3, -0.25) is 4.98 Å². The van der Waals surface area contributed by atoms with E-state index in [-0.39, 0.29) is 0 Å². The maximum Gasteiger partial charge on any atom is 0.0432 e. The van der Waals surface area contributed by atoms with Gasteiger partial charge in [-0.1, -0.05) is 55.4 Å². The molecule has 1 aromatic rings. The first-order valence-electron chi connectivity index (χ1n) is 6.93. The van der Waals surface area contributed by atoms with Crippen LogP contribution in [0.25, 0.3) is 0 Å². The highest BCUT2D eigenvalue weighted by atomic mass is 14.7. The molecule has 0 spiro atoms. The molecule has 1 nitrogen and oxygen atoms in total. The van der Waals surface area contributed by atoms with Crippen molar-refractivity contribution in [3.8, 4) is 0 Å². The molecule has 0 bridgehead atoms. The Morgan fingerprint density at radius 2 is 1.24 bits per heavy atom. The van der Waals surface area contributed by atoms with Gasteiger partial charge in [0.1, 0.15) is 0 Å². The Labute approximate surface area is 108 Å². The van der Waals surface area contributed by atoms with Gasteiger partial charge in [0.05, 0.1) is 0 Å². The van der Waals surface area contributed by atoms with E-state index in [1.165, 1.54) is 16.8 Å². The molecule has 0 aliphatic heterocycles. The lowest BCUT2D eigenvalue weighted by molar-refractivity contribution is 0.755. The van der Waals surface area contributed by atoms with Gasteiger partial charge < -0.3 is 0 Å². The number of nitrogens with zero attached hydrogens (tertiary/aromatic N) is 1. The predicted molar refractivity (Wildman–Crippen MR) is 77.9 cm³/mol. The maximum atomic E-state index is 4.54.